The summed E-state index contributed by atoms with van der Waals surface area (Å²) < 4.78 is 10.8. The van der Waals surface area contributed by atoms with Crippen LogP contribution in [0.5, 0.6) is 0 Å². The van der Waals surface area contributed by atoms with Gasteiger partial charge in [-0.05, 0) is 39.5 Å². The number of amides is 1. The Balaban J connectivity index is 1.72. The lowest BCUT2D eigenvalue weighted by Gasteiger charge is -2.30. The molecule has 1 saturated heterocycles. The van der Waals surface area contributed by atoms with E-state index in [0.717, 1.165) is 38.4 Å². The molecule has 1 unspecified atom stereocenters. The summed E-state index contributed by atoms with van der Waals surface area (Å²) >= 11 is 0. The summed E-state index contributed by atoms with van der Waals surface area (Å²) in [4.78, 5) is 18.2. The second kappa shape index (κ2) is 7.11. The summed E-state index contributed by atoms with van der Waals surface area (Å²) in [5, 5.41) is 3.34. The molecule has 0 aromatic carbocycles. The fourth-order valence-corrected chi connectivity index (χ4v) is 2.44. The summed E-state index contributed by atoms with van der Waals surface area (Å²) in [6.07, 6.45) is 1.98. The van der Waals surface area contributed by atoms with Crippen LogP contribution < -0.4 is 5.32 Å². The summed E-state index contributed by atoms with van der Waals surface area (Å²) in [6, 6.07) is 0. The van der Waals surface area contributed by atoms with Gasteiger partial charge in [0, 0.05) is 26.3 Å². The van der Waals surface area contributed by atoms with Crippen LogP contribution in [0.3, 0.4) is 0 Å². The Kier molecular flexibility index (Phi) is 5.45. The predicted molar refractivity (Wildman–Crippen MR) is 81.7 cm³/mol. The van der Waals surface area contributed by atoms with Gasteiger partial charge in [0.15, 0.2) is 0 Å². The van der Waals surface area contributed by atoms with E-state index in [2.05, 4.69) is 10.3 Å². The van der Waals surface area contributed by atoms with Gasteiger partial charge in [-0.3, -0.25) is 9.89 Å². The molecule has 0 aliphatic carbocycles. The monoisotopic (exact) mass is 297 g/mol. The molecule has 0 radical (unpaired) electrons. The van der Waals surface area contributed by atoms with E-state index in [4.69, 9.17) is 9.47 Å². The minimum atomic E-state index is -0.457. The number of carbonyl (C=O) groups excluding carboxylic acids is 1. The van der Waals surface area contributed by atoms with E-state index in [-0.39, 0.29) is 6.09 Å². The lowest BCUT2D eigenvalue weighted by atomic mass is 10.1. The van der Waals surface area contributed by atoms with Gasteiger partial charge in [-0.1, -0.05) is 0 Å². The van der Waals surface area contributed by atoms with Gasteiger partial charge >= 0.3 is 6.09 Å². The zero-order valence-corrected chi connectivity index (χ0v) is 13.4. The fourth-order valence-electron chi connectivity index (χ4n) is 2.44. The average Bonchev–Trinajstić information content (AvgIpc) is 2.90. The number of aliphatic imine (C=N–C) groups is 1. The Morgan fingerprint density at radius 1 is 1.52 bits per heavy atom. The van der Waals surface area contributed by atoms with Gasteiger partial charge in [-0.25, -0.2) is 4.79 Å². The molecule has 21 heavy (non-hydrogen) atoms. The SMILES string of the molecule is CC(C)(C)OC(=O)N1CCN=C(NCCC2CCOC2)C1. The van der Waals surface area contributed by atoms with E-state index < -0.39 is 5.60 Å². The average molecular weight is 297 g/mol. The lowest BCUT2D eigenvalue weighted by Crippen LogP contribution is -2.47. The number of rotatable bonds is 3. The van der Waals surface area contributed by atoms with Gasteiger partial charge < -0.3 is 14.8 Å². The van der Waals surface area contributed by atoms with Gasteiger partial charge in [0.05, 0.1) is 13.1 Å². The number of amidine groups is 1. The number of nitrogens with zero attached hydrogens (tertiary/aromatic N) is 2. The van der Waals surface area contributed by atoms with E-state index in [1.807, 2.05) is 20.8 Å². The number of ether oxygens (including phenoxy) is 2. The summed E-state index contributed by atoms with van der Waals surface area (Å²) in [6.45, 7) is 10.1. The highest BCUT2D eigenvalue weighted by Crippen LogP contribution is 2.15. The van der Waals surface area contributed by atoms with Crippen molar-refractivity contribution in [1.82, 2.24) is 10.2 Å². The zero-order valence-electron chi connectivity index (χ0n) is 13.4. The van der Waals surface area contributed by atoms with Crippen LogP contribution >= 0.6 is 0 Å². The van der Waals surface area contributed by atoms with Crippen molar-refractivity contribution in [3.05, 3.63) is 0 Å². The molecule has 1 N–H and O–H groups in total. The maximum Gasteiger partial charge on any atom is 0.410 e. The maximum atomic E-state index is 12.0. The van der Waals surface area contributed by atoms with E-state index in [1.165, 1.54) is 0 Å². The number of hydrogen-bond donors (Lipinski definition) is 1. The van der Waals surface area contributed by atoms with Crippen LogP contribution in [0.2, 0.25) is 0 Å². The second-order valence-corrected chi connectivity index (χ2v) is 6.68. The maximum absolute atomic E-state index is 12.0. The van der Waals surface area contributed by atoms with Crippen molar-refractivity contribution >= 4 is 11.9 Å². The second-order valence-electron chi connectivity index (χ2n) is 6.68. The molecule has 1 amide bonds. The molecule has 0 aromatic rings. The number of carbonyl (C=O) groups is 1. The zero-order chi connectivity index (χ0) is 15.3. The first kappa shape index (κ1) is 16.1. The van der Waals surface area contributed by atoms with E-state index in [9.17, 15) is 4.79 Å². The third-order valence-corrected chi connectivity index (χ3v) is 3.57. The van der Waals surface area contributed by atoms with Gasteiger partial charge in [-0.15, -0.1) is 0 Å². The molecular weight excluding hydrogens is 270 g/mol. The van der Waals surface area contributed by atoms with Crippen molar-refractivity contribution in [3.8, 4) is 0 Å². The van der Waals surface area contributed by atoms with Crippen molar-refractivity contribution in [2.45, 2.75) is 39.2 Å². The standard InChI is InChI=1S/C15H27N3O3/c1-15(2,3)21-14(19)18-8-7-17-13(10-18)16-6-4-12-5-9-20-11-12/h12H,4-11H2,1-3H3,(H,16,17). The Hall–Kier alpha value is -1.30. The number of nitrogens with one attached hydrogen (secondary N) is 1. The van der Waals surface area contributed by atoms with Crippen LogP contribution in [-0.2, 0) is 9.47 Å². The molecule has 2 aliphatic rings. The van der Waals surface area contributed by atoms with Crippen molar-refractivity contribution in [3.63, 3.8) is 0 Å². The van der Waals surface area contributed by atoms with Crippen molar-refractivity contribution in [1.29, 1.82) is 0 Å². The first-order valence-electron chi connectivity index (χ1n) is 7.77. The van der Waals surface area contributed by atoms with Crippen molar-refractivity contribution in [2.75, 3.05) is 39.4 Å². The van der Waals surface area contributed by atoms with Crippen molar-refractivity contribution < 1.29 is 14.3 Å². The van der Waals surface area contributed by atoms with Crippen LogP contribution in [0.4, 0.5) is 4.79 Å². The molecule has 6 heteroatoms. The predicted octanol–water partition coefficient (Wildman–Crippen LogP) is 1.65. The first-order chi connectivity index (χ1) is 9.94. The molecule has 2 rings (SSSR count). The minimum Gasteiger partial charge on any atom is -0.444 e. The summed E-state index contributed by atoms with van der Waals surface area (Å²) in [7, 11) is 0. The van der Waals surface area contributed by atoms with E-state index in [0.29, 0.717) is 25.6 Å². The Morgan fingerprint density at radius 3 is 3.00 bits per heavy atom. The van der Waals surface area contributed by atoms with Crippen LogP contribution in [-0.4, -0.2) is 61.8 Å². The fraction of sp³-hybridized carbons (Fsp3) is 0.867. The van der Waals surface area contributed by atoms with E-state index >= 15 is 0 Å². The Labute approximate surface area is 126 Å². The molecule has 120 valence electrons. The molecule has 0 saturated carbocycles. The minimum absolute atomic E-state index is 0.263. The topological polar surface area (TPSA) is 63.2 Å². The van der Waals surface area contributed by atoms with Crippen molar-refractivity contribution in [2.24, 2.45) is 10.9 Å². The molecular formula is C15H27N3O3. The summed E-state index contributed by atoms with van der Waals surface area (Å²) in [5.41, 5.74) is -0.457. The third kappa shape index (κ3) is 5.53. The molecule has 0 spiro atoms. The number of hydrogen-bond acceptors (Lipinski definition) is 5. The largest absolute Gasteiger partial charge is 0.444 e. The third-order valence-electron chi connectivity index (χ3n) is 3.57. The van der Waals surface area contributed by atoms with Crippen LogP contribution in [0.25, 0.3) is 0 Å². The molecule has 2 heterocycles. The Morgan fingerprint density at radius 2 is 2.33 bits per heavy atom. The van der Waals surface area contributed by atoms with Crippen LogP contribution in [0.15, 0.2) is 4.99 Å². The van der Waals surface area contributed by atoms with Crippen LogP contribution in [0.1, 0.15) is 33.6 Å². The van der Waals surface area contributed by atoms with Gasteiger partial charge in [0.25, 0.3) is 0 Å². The molecule has 1 fully saturated rings. The highest BCUT2D eigenvalue weighted by atomic mass is 16.6. The molecule has 1 atom stereocenters. The molecule has 0 aromatic heterocycles. The van der Waals surface area contributed by atoms with Gasteiger partial charge in [0.1, 0.15) is 11.4 Å². The molecule has 6 nitrogen and oxygen atoms in total. The highest BCUT2D eigenvalue weighted by Gasteiger charge is 2.25. The Bertz CT molecular complexity index is 384. The summed E-state index contributed by atoms with van der Waals surface area (Å²) in [5.74, 6) is 1.54. The van der Waals surface area contributed by atoms with E-state index in [1.54, 1.807) is 4.90 Å². The quantitative estimate of drug-likeness (QED) is 0.860. The van der Waals surface area contributed by atoms with Gasteiger partial charge in [0.2, 0.25) is 0 Å². The molecule has 0 bridgehead atoms. The first-order valence-corrected chi connectivity index (χ1v) is 7.77. The highest BCUT2D eigenvalue weighted by molar-refractivity contribution is 5.87. The van der Waals surface area contributed by atoms with Gasteiger partial charge in [-0.2, -0.15) is 0 Å². The normalized spacial score (nSPS) is 22.9. The molecule has 2 aliphatic heterocycles. The lowest BCUT2D eigenvalue weighted by molar-refractivity contribution is 0.0276. The van der Waals surface area contributed by atoms with Crippen LogP contribution in [0, 0.1) is 5.92 Å². The smallest absolute Gasteiger partial charge is 0.410 e.